The van der Waals surface area contributed by atoms with Crippen molar-refractivity contribution in [3.05, 3.63) is 24.3 Å². The smallest absolute Gasteiger partial charge is 0.243 e. The van der Waals surface area contributed by atoms with Crippen LogP contribution in [0.3, 0.4) is 0 Å². The van der Waals surface area contributed by atoms with E-state index in [1.54, 1.807) is 12.1 Å². The topological polar surface area (TPSA) is 116 Å². The number of piperazine rings is 1. The van der Waals surface area contributed by atoms with Gasteiger partial charge in [0, 0.05) is 51.4 Å². The third-order valence-corrected chi connectivity index (χ3v) is 9.87. The Hall–Kier alpha value is -1.53. The van der Waals surface area contributed by atoms with E-state index in [0.29, 0.717) is 31.9 Å². The lowest BCUT2D eigenvalue weighted by Crippen LogP contribution is -2.49. The number of amides is 1. The number of nitrogens with one attached hydrogen (secondary N) is 2. The summed E-state index contributed by atoms with van der Waals surface area (Å²) < 4.78 is 55.8. The third-order valence-electron chi connectivity index (χ3n) is 6.05. The Morgan fingerprint density at radius 2 is 1.62 bits per heavy atom. The van der Waals surface area contributed by atoms with Crippen molar-refractivity contribution in [2.75, 3.05) is 43.8 Å². The van der Waals surface area contributed by atoms with Gasteiger partial charge in [0.05, 0.1) is 10.6 Å². The number of carbonyl (C=O) groups excluding carboxylic acids is 1. The average molecular weight is 487 g/mol. The van der Waals surface area contributed by atoms with Crippen molar-refractivity contribution in [3.8, 4) is 0 Å². The van der Waals surface area contributed by atoms with Crippen LogP contribution in [0.5, 0.6) is 0 Å². The number of hydrogen-bond donors (Lipinski definition) is 2. The highest BCUT2D eigenvalue weighted by molar-refractivity contribution is 7.90. The lowest BCUT2D eigenvalue weighted by molar-refractivity contribution is -0.114. The fraction of sp³-hybridized carbons (Fsp3) is 0.667. The highest BCUT2D eigenvalue weighted by Crippen LogP contribution is 2.28. The Labute approximate surface area is 191 Å². The molecule has 2 fully saturated rings. The summed E-state index contributed by atoms with van der Waals surface area (Å²) in [5, 5.41) is 5.76. The molecule has 1 saturated carbocycles. The van der Waals surface area contributed by atoms with Crippen molar-refractivity contribution in [3.63, 3.8) is 0 Å². The van der Waals surface area contributed by atoms with E-state index in [2.05, 4.69) is 10.6 Å². The molecular formula is C21H34N4O5S2. The molecule has 0 spiro atoms. The summed E-state index contributed by atoms with van der Waals surface area (Å²) in [7, 11) is -7.44. The molecule has 0 aromatic heterocycles. The van der Waals surface area contributed by atoms with Gasteiger partial charge in [-0.1, -0.05) is 25.7 Å². The number of benzene rings is 1. The number of hydrogen-bond acceptors (Lipinski definition) is 6. The molecule has 1 aliphatic carbocycles. The summed E-state index contributed by atoms with van der Waals surface area (Å²) in [4.78, 5) is 11.4. The number of carbonyl (C=O) groups is 1. The van der Waals surface area contributed by atoms with Crippen molar-refractivity contribution in [2.45, 2.75) is 56.4 Å². The van der Waals surface area contributed by atoms with Crippen LogP contribution in [0, 0.1) is 0 Å². The van der Waals surface area contributed by atoms with Crippen LogP contribution >= 0.6 is 0 Å². The molecule has 1 heterocycles. The van der Waals surface area contributed by atoms with E-state index < -0.39 is 20.0 Å². The molecule has 1 saturated heterocycles. The monoisotopic (exact) mass is 486 g/mol. The molecule has 0 bridgehead atoms. The van der Waals surface area contributed by atoms with Crippen LogP contribution < -0.4 is 10.6 Å². The molecule has 0 atom stereocenters. The molecule has 180 valence electrons. The summed E-state index contributed by atoms with van der Waals surface area (Å²) >= 11 is 0. The minimum absolute atomic E-state index is 0.0628. The lowest BCUT2D eigenvalue weighted by Gasteiger charge is -2.32. The van der Waals surface area contributed by atoms with Crippen molar-refractivity contribution >= 4 is 31.6 Å². The molecule has 1 aromatic rings. The van der Waals surface area contributed by atoms with E-state index in [9.17, 15) is 21.6 Å². The predicted molar refractivity (Wildman–Crippen MR) is 124 cm³/mol. The van der Waals surface area contributed by atoms with Gasteiger partial charge in [-0.15, -0.1) is 0 Å². The highest BCUT2D eigenvalue weighted by atomic mass is 32.2. The molecule has 3 rings (SSSR count). The van der Waals surface area contributed by atoms with Gasteiger partial charge in [0.25, 0.3) is 0 Å². The summed E-state index contributed by atoms with van der Waals surface area (Å²) in [6.45, 7) is 3.34. The number of sulfonamides is 2. The Balaban J connectivity index is 1.83. The first-order valence-electron chi connectivity index (χ1n) is 11.3. The standard InChI is InChI=1S/C21H34N4O5S2/c1-18(26)23-19-8-10-21(11-9-19)32(29,30)25(20-6-4-2-3-5-7-20)16-17-31(27,28)24-14-12-22-13-15-24/h8-11,20,22H,2-7,12-17H2,1H3,(H,23,26). The SMILES string of the molecule is CC(=O)Nc1ccc(S(=O)(=O)N(CCS(=O)(=O)N2CCNCC2)C2CCCCCC2)cc1. The Bertz CT molecular complexity index is 966. The zero-order valence-corrected chi connectivity index (χ0v) is 20.3. The first-order chi connectivity index (χ1) is 15.2. The minimum atomic E-state index is -3.89. The Kier molecular flexibility index (Phi) is 8.68. The van der Waals surface area contributed by atoms with Gasteiger partial charge >= 0.3 is 0 Å². The molecule has 2 aliphatic rings. The molecule has 0 unspecified atom stereocenters. The van der Waals surface area contributed by atoms with E-state index >= 15 is 0 Å². The van der Waals surface area contributed by atoms with Crippen molar-refractivity contribution in [1.29, 1.82) is 0 Å². The fourth-order valence-electron chi connectivity index (χ4n) is 4.35. The van der Waals surface area contributed by atoms with E-state index in [0.717, 1.165) is 38.5 Å². The minimum Gasteiger partial charge on any atom is -0.326 e. The van der Waals surface area contributed by atoms with Gasteiger partial charge in [-0.3, -0.25) is 4.79 Å². The first kappa shape index (κ1) is 25.1. The van der Waals surface area contributed by atoms with Gasteiger partial charge in [0.1, 0.15) is 0 Å². The van der Waals surface area contributed by atoms with E-state index in [-0.39, 0.29) is 29.1 Å². The fourth-order valence-corrected chi connectivity index (χ4v) is 7.58. The molecule has 32 heavy (non-hydrogen) atoms. The number of rotatable bonds is 8. The maximum atomic E-state index is 13.6. The maximum absolute atomic E-state index is 13.6. The lowest BCUT2D eigenvalue weighted by atomic mass is 10.1. The largest absolute Gasteiger partial charge is 0.326 e. The zero-order chi connectivity index (χ0) is 23.2. The van der Waals surface area contributed by atoms with Crippen LogP contribution in [0.25, 0.3) is 0 Å². The maximum Gasteiger partial charge on any atom is 0.243 e. The molecule has 2 N–H and O–H groups in total. The van der Waals surface area contributed by atoms with Gasteiger partial charge in [0.2, 0.25) is 26.0 Å². The predicted octanol–water partition coefficient (Wildman–Crippen LogP) is 1.59. The Morgan fingerprint density at radius 1 is 1.03 bits per heavy atom. The summed E-state index contributed by atoms with van der Waals surface area (Å²) in [6, 6.07) is 5.83. The summed E-state index contributed by atoms with van der Waals surface area (Å²) in [6.07, 6.45) is 5.46. The van der Waals surface area contributed by atoms with Crippen LogP contribution in [0.4, 0.5) is 5.69 Å². The molecule has 1 aliphatic heterocycles. The van der Waals surface area contributed by atoms with Gasteiger partial charge in [0.15, 0.2) is 0 Å². The van der Waals surface area contributed by atoms with E-state index in [1.165, 1.54) is 27.7 Å². The molecule has 0 radical (unpaired) electrons. The normalized spacial score (nSPS) is 19.6. The molecular weight excluding hydrogens is 452 g/mol. The van der Waals surface area contributed by atoms with Gasteiger partial charge in [-0.2, -0.15) is 8.61 Å². The summed E-state index contributed by atoms with van der Waals surface area (Å²) in [5.41, 5.74) is 0.513. The van der Waals surface area contributed by atoms with Gasteiger partial charge < -0.3 is 10.6 Å². The van der Waals surface area contributed by atoms with Gasteiger partial charge in [-0.05, 0) is 37.1 Å². The van der Waals surface area contributed by atoms with Crippen LogP contribution in [0.2, 0.25) is 0 Å². The third kappa shape index (κ3) is 6.50. The second-order valence-corrected chi connectivity index (χ2v) is 12.4. The van der Waals surface area contributed by atoms with Gasteiger partial charge in [-0.25, -0.2) is 16.8 Å². The number of nitrogens with zero attached hydrogens (tertiary/aromatic N) is 2. The average Bonchev–Trinajstić information content (AvgIpc) is 3.04. The molecule has 11 heteroatoms. The van der Waals surface area contributed by atoms with Crippen LogP contribution in [-0.2, 0) is 24.8 Å². The zero-order valence-electron chi connectivity index (χ0n) is 18.6. The second-order valence-electron chi connectivity index (χ2n) is 8.43. The van der Waals surface area contributed by atoms with Crippen molar-refractivity contribution < 1.29 is 21.6 Å². The quantitative estimate of drug-likeness (QED) is 0.539. The van der Waals surface area contributed by atoms with Crippen LogP contribution in [-0.4, -0.2) is 75.9 Å². The van der Waals surface area contributed by atoms with Crippen molar-refractivity contribution in [1.82, 2.24) is 13.9 Å². The van der Waals surface area contributed by atoms with Crippen LogP contribution in [0.15, 0.2) is 29.2 Å². The molecule has 1 aromatic carbocycles. The van der Waals surface area contributed by atoms with Crippen LogP contribution in [0.1, 0.15) is 45.4 Å². The van der Waals surface area contributed by atoms with E-state index in [1.807, 2.05) is 0 Å². The molecule has 1 amide bonds. The first-order valence-corrected chi connectivity index (χ1v) is 14.3. The number of anilines is 1. The molecule has 9 nitrogen and oxygen atoms in total. The van der Waals surface area contributed by atoms with E-state index in [4.69, 9.17) is 0 Å². The highest BCUT2D eigenvalue weighted by Gasteiger charge is 2.34. The second kappa shape index (κ2) is 11.1. The summed E-state index contributed by atoms with van der Waals surface area (Å²) in [5.74, 6) is -0.467. The Morgan fingerprint density at radius 3 is 2.19 bits per heavy atom. The van der Waals surface area contributed by atoms with Crippen molar-refractivity contribution in [2.24, 2.45) is 0 Å².